The Morgan fingerprint density at radius 2 is 1.67 bits per heavy atom. The maximum Gasteiger partial charge on any atom is 0.302 e. The van der Waals surface area contributed by atoms with Crippen LogP contribution >= 0.6 is 23.2 Å². The Kier molecular flexibility index (Phi) is 7.17. The molecular weight excluding hydrogens is 459 g/mol. The first-order valence-electron chi connectivity index (χ1n) is 10.6. The fourth-order valence-corrected chi connectivity index (χ4v) is 4.29. The van der Waals surface area contributed by atoms with Crippen LogP contribution in [0.15, 0.2) is 66.2 Å². The van der Waals surface area contributed by atoms with Gasteiger partial charge in [0.1, 0.15) is 12.4 Å². The fourth-order valence-electron chi connectivity index (χ4n) is 3.74. The molecule has 0 radical (unpaired) electrons. The summed E-state index contributed by atoms with van der Waals surface area (Å²) in [5, 5.41) is 1.07. The monoisotopic (exact) mass is 480 g/mol. The fraction of sp³-hybridized carbons (Fsp3) is 0.185. The molecule has 0 saturated heterocycles. The summed E-state index contributed by atoms with van der Waals surface area (Å²) in [7, 11) is 0. The van der Waals surface area contributed by atoms with Gasteiger partial charge in [0.05, 0.1) is 6.61 Å². The molecular formula is C27H22Cl2O4. The van der Waals surface area contributed by atoms with Crippen LogP contribution in [-0.2, 0) is 29.0 Å². The molecule has 0 aliphatic heterocycles. The van der Waals surface area contributed by atoms with Crippen LogP contribution in [0, 0.1) is 0 Å². The molecule has 0 amide bonds. The first kappa shape index (κ1) is 23.1. The molecule has 3 aromatic carbocycles. The minimum atomic E-state index is -0.271. The number of carbonyl (C=O) groups is 2. The van der Waals surface area contributed by atoms with Crippen molar-refractivity contribution in [1.82, 2.24) is 0 Å². The van der Waals surface area contributed by atoms with Gasteiger partial charge in [0.15, 0.2) is 5.78 Å². The molecule has 4 rings (SSSR count). The average Bonchev–Trinajstić information content (AvgIpc) is 3.07. The van der Waals surface area contributed by atoms with Gasteiger partial charge in [-0.3, -0.25) is 9.59 Å². The average molecular weight is 481 g/mol. The standard InChI is InChI=1S/C27H22Cl2O4/c1-17(30)32-9-8-18-2-4-19(5-3-18)16-33-25-6-7-26-21(14-25)13-22(27(26)31)10-20-11-23(28)15-24(29)12-20/h2-7,10-12,14-15H,8-9,13,16H2,1H3/b22-10+. The highest BCUT2D eigenvalue weighted by Crippen LogP contribution is 2.32. The Balaban J connectivity index is 1.39. The third-order valence-electron chi connectivity index (χ3n) is 5.34. The molecule has 0 spiro atoms. The molecule has 0 saturated carbocycles. The molecule has 0 unspecified atom stereocenters. The normalized spacial score (nSPS) is 13.8. The number of Topliss-reactive ketones (excluding diaryl/α,β-unsaturated/α-hetero) is 1. The Labute approximate surface area is 202 Å². The SMILES string of the molecule is CC(=O)OCCc1ccc(COc2ccc3c(c2)C/C(=C\c2cc(Cl)cc(Cl)c2)C3=O)cc1. The minimum absolute atomic E-state index is 0.0111. The second-order valence-electron chi connectivity index (χ2n) is 7.89. The number of ether oxygens (including phenoxy) is 2. The summed E-state index contributed by atoms with van der Waals surface area (Å²) in [6.45, 7) is 2.20. The van der Waals surface area contributed by atoms with Crippen molar-refractivity contribution < 1.29 is 19.1 Å². The topological polar surface area (TPSA) is 52.6 Å². The van der Waals surface area contributed by atoms with Gasteiger partial charge in [-0.15, -0.1) is 0 Å². The van der Waals surface area contributed by atoms with Crippen molar-refractivity contribution >= 4 is 41.0 Å². The van der Waals surface area contributed by atoms with Gasteiger partial charge in [0.2, 0.25) is 0 Å². The van der Waals surface area contributed by atoms with Gasteiger partial charge in [0.25, 0.3) is 0 Å². The number of allylic oxidation sites excluding steroid dienone is 1. The Morgan fingerprint density at radius 3 is 2.36 bits per heavy atom. The van der Waals surface area contributed by atoms with Crippen LogP contribution in [0.5, 0.6) is 5.75 Å². The lowest BCUT2D eigenvalue weighted by molar-refractivity contribution is -0.140. The van der Waals surface area contributed by atoms with Gasteiger partial charge in [-0.25, -0.2) is 0 Å². The van der Waals surface area contributed by atoms with Crippen LogP contribution in [0.3, 0.4) is 0 Å². The molecule has 0 atom stereocenters. The first-order valence-corrected chi connectivity index (χ1v) is 11.3. The number of benzene rings is 3. The van der Waals surface area contributed by atoms with Crippen molar-refractivity contribution in [3.63, 3.8) is 0 Å². The van der Waals surface area contributed by atoms with Gasteiger partial charge < -0.3 is 9.47 Å². The number of halogens is 2. The first-order chi connectivity index (χ1) is 15.9. The summed E-state index contributed by atoms with van der Waals surface area (Å²) in [5.74, 6) is 0.456. The zero-order chi connectivity index (χ0) is 23.4. The van der Waals surface area contributed by atoms with E-state index in [-0.39, 0.29) is 11.8 Å². The summed E-state index contributed by atoms with van der Waals surface area (Å²) < 4.78 is 10.9. The summed E-state index contributed by atoms with van der Waals surface area (Å²) in [4.78, 5) is 23.7. The Morgan fingerprint density at radius 1 is 0.970 bits per heavy atom. The molecule has 6 heteroatoms. The minimum Gasteiger partial charge on any atom is -0.489 e. The van der Waals surface area contributed by atoms with E-state index in [4.69, 9.17) is 32.7 Å². The summed E-state index contributed by atoms with van der Waals surface area (Å²) in [6, 6.07) is 18.8. The molecule has 1 aliphatic rings. The van der Waals surface area contributed by atoms with E-state index >= 15 is 0 Å². The lowest BCUT2D eigenvalue weighted by Crippen LogP contribution is -2.03. The molecule has 0 aromatic heterocycles. The van der Waals surface area contributed by atoms with Crippen molar-refractivity contribution in [2.75, 3.05) is 6.61 Å². The number of esters is 1. The predicted octanol–water partition coefficient (Wildman–Crippen LogP) is 6.50. The third kappa shape index (κ3) is 6.04. The van der Waals surface area contributed by atoms with Crippen molar-refractivity contribution in [2.24, 2.45) is 0 Å². The molecule has 1 aliphatic carbocycles. The van der Waals surface area contributed by atoms with Gasteiger partial charge in [-0.05, 0) is 64.7 Å². The molecule has 168 valence electrons. The molecule has 0 bridgehead atoms. The van der Waals surface area contributed by atoms with Crippen LogP contribution < -0.4 is 4.74 Å². The van der Waals surface area contributed by atoms with Gasteiger partial charge in [-0.2, -0.15) is 0 Å². The largest absolute Gasteiger partial charge is 0.489 e. The second kappa shape index (κ2) is 10.2. The lowest BCUT2D eigenvalue weighted by atomic mass is 10.1. The number of fused-ring (bicyclic) bond motifs is 1. The summed E-state index contributed by atoms with van der Waals surface area (Å²) in [6.07, 6.45) is 3.05. The van der Waals surface area contributed by atoms with Gasteiger partial charge in [0, 0.05) is 40.9 Å². The van der Waals surface area contributed by atoms with E-state index < -0.39 is 0 Å². The summed E-state index contributed by atoms with van der Waals surface area (Å²) in [5.41, 5.74) is 5.26. The zero-order valence-corrected chi connectivity index (χ0v) is 19.6. The molecule has 3 aromatic rings. The van der Waals surface area contributed by atoms with E-state index in [9.17, 15) is 9.59 Å². The van der Waals surface area contributed by atoms with E-state index in [1.54, 1.807) is 18.2 Å². The molecule has 0 heterocycles. The number of rotatable bonds is 7. The molecule has 0 fully saturated rings. The lowest BCUT2D eigenvalue weighted by Gasteiger charge is -2.09. The Hall–Kier alpha value is -3.08. The third-order valence-corrected chi connectivity index (χ3v) is 5.78. The molecule has 4 nitrogen and oxygen atoms in total. The van der Waals surface area contributed by atoms with E-state index in [0.717, 1.165) is 22.3 Å². The van der Waals surface area contributed by atoms with Crippen molar-refractivity contribution in [3.05, 3.63) is 104 Å². The highest BCUT2D eigenvalue weighted by atomic mass is 35.5. The predicted molar refractivity (Wildman–Crippen MR) is 130 cm³/mol. The number of carbonyl (C=O) groups excluding carboxylic acids is 2. The van der Waals surface area contributed by atoms with E-state index in [1.165, 1.54) is 6.92 Å². The quantitative estimate of drug-likeness (QED) is 0.286. The van der Waals surface area contributed by atoms with Crippen LogP contribution in [0.4, 0.5) is 0 Å². The van der Waals surface area contributed by atoms with Gasteiger partial charge in [-0.1, -0.05) is 47.5 Å². The van der Waals surface area contributed by atoms with Crippen molar-refractivity contribution in [3.8, 4) is 5.75 Å². The van der Waals surface area contributed by atoms with Crippen molar-refractivity contribution in [1.29, 1.82) is 0 Å². The highest BCUT2D eigenvalue weighted by molar-refractivity contribution is 6.34. The smallest absolute Gasteiger partial charge is 0.302 e. The van der Waals surface area contributed by atoms with Crippen LogP contribution in [0.2, 0.25) is 10.0 Å². The number of ketones is 1. The second-order valence-corrected chi connectivity index (χ2v) is 8.77. The van der Waals surface area contributed by atoms with Crippen LogP contribution in [0.1, 0.15) is 39.5 Å². The summed E-state index contributed by atoms with van der Waals surface area (Å²) >= 11 is 12.2. The van der Waals surface area contributed by atoms with Crippen LogP contribution in [-0.4, -0.2) is 18.4 Å². The number of hydrogen-bond acceptors (Lipinski definition) is 4. The Bertz CT molecular complexity index is 1210. The van der Waals surface area contributed by atoms with E-state index in [0.29, 0.717) is 53.0 Å². The van der Waals surface area contributed by atoms with Crippen molar-refractivity contribution in [2.45, 2.75) is 26.4 Å². The zero-order valence-electron chi connectivity index (χ0n) is 18.1. The maximum absolute atomic E-state index is 12.8. The maximum atomic E-state index is 12.8. The van der Waals surface area contributed by atoms with E-state index in [2.05, 4.69) is 0 Å². The number of hydrogen-bond donors (Lipinski definition) is 0. The molecule has 0 N–H and O–H groups in total. The van der Waals surface area contributed by atoms with Crippen LogP contribution in [0.25, 0.3) is 6.08 Å². The highest BCUT2D eigenvalue weighted by Gasteiger charge is 2.25. The van der Waals surface area contributed by atoms with E-state index in [1.807, 2.05) is 48.5 Å². The molecule has 33 heavy (non-hydrogen) atoms. The van der Waals surface area contributed by atoms with Gasteiger partial charge >= 0.3 is 5.97 Å².